The van der Waals surface area contributed by atoms with Crippen molar-refractivity contribution in [3.05, 3.63) is 58.6 Å². The number of nitrogens with zero attached hydrogens (tertiary/aromatic N) is 5. The van der Waals surface area contributed by atoms with E-state index >= 15 is 0 Å². The molecule has 130 valence electrons. The maximum Gasteiger partial charge on any atom is 0.282 e. The summed E-state index contributed by atoms with van der Waals surface area (Å²) < 4.78 is 6.90. The lowest BCUT2D eigenvalue weighted by atomic mass is 10.1. The van der Waals surface area contributed by atoms with Crippen LogP contribution in [0.15, 0.2) is 47.0 Å². The summed E-state index contributed by atoms with van der Waals surface area (Å²) in [6, 6.07) is 13.1. The number of benzene rings is 2. The molecule has 2 heterocycles. The molecule has 2 aromatic heterocycles. The number of aryl methyl sites for hydroxylation is 1. The van der Waals surface area contributed by atoms with Crippen LogP contribution in [0.3, 0.4) is 0 Å². The van der Waals surface area contributed by atoms with Crippen molar-refractivity contribution in [1.82, 2.24) is 25.1 Å². The third-order valence-corrected chi connectivity index (χ3v) is 4.49. The SMILES string of the molecule is Cc1cccc(-n2nnc(-c3nc(-c4ccc(Cl)cc4)no3)c2N)c1C. The van der Waals surface area contributed by atoms with Gasteiger partial charge in [0.2, 0.25) is 5.82 Å². The second-order valence-electron chi connectivity index (χ2n) is 5.88. The number of nitrogens with two attached hydrogens (primary N) is 1. The maximum absolute atomic E-state index is 6.25. The van der Waals surface area contributed by atoms with Gasteiger partial charge in [-0.1, -0.05) is 34.1 Å². The Labute approximate surface area is 154 Å². The van der Waals surface area contributed by atoms with E-state index in [4.69, 9.17) is 21.9 Å². The summed E-state index contributed by atoms with van der Waals surface area (Å²) in [6.07, 6.45) is 0. The van der Waals surface area contributed by atoms with Gasteiger partial charge in [-0.05, 0) is 55.3 Å². The Kier molecular flexibility index (Phi) is 3.93. The molecule has 2 N–H and O–H groups in total. The van der Waals surface area contributed by atoms with Crippen LogP contribution in [0.2, 0.25) is 5.02 Å². The molecule has 0 atom stereocenters. The van der Waals surface area contributed by atoms with Gasteiger partial charge >= 0.3 is 0 Å². The molecular formula is C18H15ClN6O. The second kappa shape index (κ2) is 6.27. The lowest BCUT2D eigenvalue weighted by molar-refractivity contribution is 0.431. The van der Waals surface area contributed by atoms with E-state index in [1.54, 1.807) is 16.8 Å². The number of rotatable bonds is 3. The fraction of sp³-hybridized carbons (Fsp3) is 0.111. The predicted molar refractivity (Wildman–Crippen MR) is 99.0 cm³/mol. The van der Waals surface area contributed by atoms with E-state index < -0.39 is 0 Å². The smallest absolute Gasteiger partial charge is 0.282 e. The highest BCUT2D eigenvalue weighted by Crippen LogP contribution is 2.28. The molecule has 0 aliphatic carbocycles. The van der Waals surface area contributed by atoms with E-state index in [1.165, 1.54) is 0 Å². The van der Waals surface area contributed by atoms with Gasteiger partial charge in [-0.15, -0.1) is 5.10 Å². The Morgan fingerprint density at radius 3 is 2.62 bits per heavy atom. The van der Waals surface area contributed by atoms with Crippen molar-refractivity contribution in [3.63, 3.8) is 0 Å². The van der Waals surface area contributed by atoms with Gasteiger partial charge in [0.15, 0.2) is 11.5 Å². The van der Waals surface area contributed by atoms with E-state index in [0.717, 1.165) is 22.4 Å². The zero-order valence-corrected chi connectivity index (χ0v) is 14.9. The van der Waals surface area contributed by atoms with Crippen LogP contribution in [0, 0.1) is 13.8 Å². The molecule has 0 unspecified atom stereocenters. The Bertz CT molecular complexity index is 1080. The Morgan fingerprint density at radius 2 is 1.85 bits per heavy atom. The third kappa shape index (κ3) is 2.72. The minimum Gasteiger partial charge on any atom is -0.382 e. The quantitative estimate of drug-likeness (QED) is 0.591. The minimum atomic E-state index is 0.212. The molecule has 0 aliphatic heterocycles. The summed E-state index contributed by atoms with van der Waals surface area (Å²) in [7, 11) is 0. The first-order chi connectivity index (χ1) is 12.5. The van der Waals surface area contributed by atoms with Crippen molar-refractivity contribution in [1.29, 1.82) is 0 Å². The normalized spacial score (nSPS) is 11.0. The summed E-state index contributed by atoms with van der Waals surface area (Å²) in [4.78, 5) is 4.37. The molecule has 4 rings (SSSR count). The highest BCUT2D eigenvalue weighted by Gasteiger charge is 2.20. The Hall–Kier alpha value is -3.19. The molecule has 0 fully saturated rings. The number of nitrogen functional groups attached to an aromatic ring is 1. The maximum atomic E-state index is 6.25. The number of halogens is 1. The molecule has 0 saturated carbocycles. The molecule has 0 saturated heterocycles. The zero-order chi connectivity index (χ0) is 18.3. The number of hydrogen-bond acceptors (Lipinski definition) is 6. The molecule has 0 radical (unpaired) electrons. The lowest BCUT2D eigenvalue weighted by Gasteiger charge is -2.08. The summed E-state index contributed by atoms with van der Waals surface area (Å²) >= 11 is 5.90. The molecule has 4 aromatic rings. The van der Waals surface area contributed by atoms with Crippen molar-refractivity contribution in [3.8, 4) is 28.7 Å². The van der Waals surface area contributed by atoms with E-state index in [1.807, 2.05) is 44.2 Å². The molecule has 0 aliphatic rings. The highest BCUT2D eigenvalue weighted by molar-refractivity contribution is 6.30. The van der Waals surface area contributed by atoms with Crippen LogP contribution >= 0.6 is 11.6 Å². The van der Waals surface area contributed by atoms with Crippen molar-refractivity contribution < 1.29 is 4.52 Å². The molecule has 0 bridgehead atoms. The Morgan fingerprint density at radius 1 is 1.08 bits per heavy atom. The summed E-state index contributed by atoms with van der Waals surface area (Å²) in [6.45, 7) is 4.04. The topological polar surface area (TPSA) is 95.6 Å². The van der Waals surface area contributed by atoms with Gasteiger partial charge in [0.05, 0.1) is 5.69 Å². The first kappa shape index (κ1) is 16.3. The molecule has 2 aromatic carbocycles. The monoisotopic (exact) mass is 366 g/mol. The summed E-state index contributed by atoms with van der Waals surface area (Å²) in [5.74, 6) is 0.978. The minimum absolute atomic E-state index is 0.212. The van der Waals surface area contributed by atoms with Crippen LogP contribution in [0.25, 0.3) is 28.7 Å². The zero-order valence-electron chi connectivity index (χ0n) is 14.1. The first-order valence-electron chi connectivity index (χ1n) is 7.92. The van der Waals surface area contributed by atoms with Gasteiger partial charge in [-0.2, -0.15) is 9.67 Å². The average Bonchev–Trinajstić information content (AvgIpc) is 3.25. The third-order valence-electron chi connectivity index (χ3n) is 4.24. The second-order valence-corrected chi connectivity index (χ2v) is 6.32. The van der Waals surface area contributed by atoms with Gasteiger partial charge in [-0.25, -0.2) is 0 Å². The fourth-order valence-electron chi connectivity index (χ4n) is 2.62. The van der Waals surface area contributed by atoms with Gasteiger partial charge in [0, 0.05) is 10.6 Å². The van der Waals surface area contributed by atoms with Gasteiger partial charge in [-0.3, -0.25) is 0 Å². The predicted octanol–water partition coefficient (Wildman–Crippen LogP) is 3.84. The van der Waals surface area contributed by atoms with Crippen LogP contribution in [0.4, 0.5) is 5.82 Å². The van der Waals surface area contributed by atoms with E-state index in [2.05, 4.69) is 20.5 Å². The van der Waals surface area contributed by atoms with Crippen LogP contribution in [-0.4, -0.2) is 25.1 Å². The molecule has 8 heteroatoms. The van der Waals surface area contributed by atoms with Crippen LogP contribution < -0.4 is 5.73 Å². The van der Waals surface area contributed by atoms with Crippen molar-refractivity contribution in [2.24, 2.45) is 0 Å². The molecule has 0 amide bonds. The van der Waals surface area contributed by atoms with Gasteiger partial charge in [0.25, 0.3) is 5.89 Å². The average molecular weight is 367 g/mol. The number of hydrogen-bond donors (Lipinski definition) is 1. The van der Waals surface area contributed by atoms with Gasteiger partial charge in [0.1, 0.15) is 0 Å². The van der Waals surface area contributed by atoms with Crippen LogP contribution in [0.5, 0.6) is 0 Å². The summed E-state index contributed by atoms with van der Waals surface area (Å²) in [5.41, 5.74) is 10.4. The highest BCUT2D eigenvalue weighted by atomic mass is 35.5. The first-order valence-corrected chi connectivity index (χ1v) is 8.30. The van der Waals surface area contributed by atoms with Crippen molar-refractivity contribution >= 4 is 17.4 Å². The van der Waals surface area contributed by atoms with Crippen LogP contribution in [-0.2, 0) is 0 Å². The van der Waals surface area contributed by atoms with Crippen LogP contribution in [0.1, 0.15) is 11.1 Å². The van der Waals surface area contributed by atoms with E-state index in [0.29, 0.717) is 22.4 Å². The number of aromatic nitrogens is 5. The fourth-order valence-corrected chi connectivity index (χ4v) is 2.75. The van der Waals surface area contributed by atoms with Crippen molar-refractivity contribution in [2.45, 2.75) is 13.8 Å². The number of anilines is 1. The summed E-state index contributed by atoms with van der Waals surface area (Å²) in [5, 5.41) is 12.9. The standard InChI is InChI=1S/C18H15ClN6O/c1-10-4-3-5-14(11(10)2)25-16(20)15(22-24-25)18-21-17(23-26-18)12-6-8-13(19)9-7-12/h3-9H,20H2,1-2H3. The molecular weight excluding hydrogens is 352 g/mol. The van der Waals surface area contributed by atoms with Crippen molar-refractivity contribution in [2.75, 3.05) is 5.73 Å². The molecule has 0 spiro atoms. The van der Waals surface area contributed by atoms with Gasteiger partial charge < -0.3 is 10.3 Å². The van der Waals surface area contributed by atoms with E-state index in [9.17, 15) is 0 Å². The Balaban J connectivity index is 1.73. The van der Waals surface area contributed by atoms with E-state index in [-0.39, 0.29) is 5.89 Å². The molecule has 7 nitrogen and oxygen atoms in total. The lowest BCUT2D eigenvalue weighted by Crippen LogP contribution is -2.05. The molecule has 26 heavy (non-hydrogen) atoms. The largest absolute Gasteiger partial charge is 0.382 e.